The predicted molar refractivity (Wildman–Crippen MR) is 144 cm³/mol. The van der Waals surface area contributed by atoms with Gasteiger partial charge in [-0.1, -0.05) is 78.9 Å². The molecule has 1 fully saturated rings. The topological polar surface area (TPSA) is 40.6 Å². The summed E-state index contributed by atoms with van der Waals surface area (Å²) in [6.07, 6.45) is 1.90. The molecule has 6 heteroatoms. The lowest BCUT2D eigenvalue weighted by Crippen LogP contribution is -2.56. The standard InChI is InChI=1S/C30H21FN2O2S/c31-27-18-10-9-13-23(27)19-21-11-7-8-12-22(21)20-26-28(34)32(24-14-3-1-4-15-24)30(36)33(29(26)35)25-16-5-2-6-17-25/h1-18,20H,19H2. The lowest BCUT2D eigenvalue weighted by Gasteiger charge is -2.36. The third-order valence-electron chi connectivity index (χ3n) is 5.97. The zero-order chi connectivity index (χ0) is 25.1. The molecule has 0 bridgehead atoms. The molecule has 2 amide bonds. The van der Waals surface area contributed by atoms with Gasteiger partial charge in [0.15, 0.2) is 5.11 Å². The SMILES string of the molecule is O=C1C(=Cc2ccccc2Cc2ccccc2F)C(=O)N(c2ccccc2)C(=S)N1c1ccccc1. The molecule has 0 radical (unpaired) electrons. The number of carbonyl (C=O) groups is 2. The predicted octanol–water partition coefficient (Wildman–Crippen LogP) is 6.16. The van der Waals surface area contributed by atoms with Crippen LogP contribution in [0.4, 0.5) is 15.8 Å². The van der Waals surface area contributed by atoms with Gasteiger partial charge in [-0.2, -0.15) is 0 Å². The second-order valence-electron chi connectivity index (χ2n) is 8.26. The van der Waals surface area contributed by atoms with Crippen molar-refractivity contribution in [2.75, 3.05) is 9.80 Å². The lowest BCUT2D eigenvalue weighted by atomic mass is 9.96. The van der Waals surface area contributed by atoms with Crippen LogP contribution in [0.5, 0.6) is 0 Å². The first-order valence-electron chi connectivity index (χ1n) is 11.4. The molecule has 176 valence electrons. The van der Waals surface area contributed by atoms with Crippen LogP contribution in [0.1, 0.15) is 16.7 Å². The summed E-state index contributed by atoms with van der Waals surface area (Å²) in [5.41, 5.74) is 3.07. The molecular formula is C30H21FN2O2S. The first kappa shape index (κ1) is 23.3. The number of nitrogens with zero attached hydrogens (tertiary/aromatic N) is 2. The normalized spacial score (nSPS) is 13.8. The van der Waals surface area contributed by atoms with E-state index in [9.17, 15) is 14.0 Å². The van der Waals surface area contributed by atoms with E-state index in [1.54, 1.807) is 48.5 Å². The molecule has 0 saturated carbocycles. The van der Waals surface area contributed by atoms with Crippen LogP contribution in [0.15, 0.2) is 115 Å². The van der Waals surface area contributed by atoms with Crippen LogP contribution in [0.3, 0.4) is 0 Å². The van der Waals surface area contributed by atoms with Gasteiger partial charge in [-0.25, -0.2) is 4.39 Å². The van der Waals surface area contributed by atoms with Crippen LogP contribution in [0.2, 0.25) is 0 Å². The number of para-hydroxylation sites is 2. The highest BCUT2D eigenvalue weighted by molar-refractivity contribution is 7.81. The number of carbonyl (C=O) groups excluding carboxylic acids is 2. The van der Waals surface area contributed by atoms with Crippen molar-refractivity contribution in [3.8, 4) is 0 Å². The molecule has 4 aromatic rings. The van der Waals surface area contributed by atoms with Crippen LogP contribution in [0, 0.1) is 5.82 Å². The Hall–Kier alpha value is -4.42. The molecule has 0 unspecified atom stereocenters. The van der Waals surface area contributed by atoms with E-state index in [-0.39, 0.29) is 16.5 Å². The van der Waals surface area contributed by atoms with Gasteiger partial charge in [0.25, 0.3) is 11.8 Å². The van der Waals surface area contributed by atoms with E-state index in [1.165, 1.54) is 15.9 Å². The van der Waals surface area contributed by atoms with Crippen molar-refractivity contribution < 1.29 is 14.0 Å². The molecule has 1 saturated heterocycles. The van der Waals surface area contributed by atoms with Gasteiger partial charge < -0.3 is 0 Å². The highest BCUT2D eigenvalue weighted by atomic mass is 32.1. The van der Waals surface area contributed by atoms with E-state index in [2.05, 4.69) is 0 Å². The average molecular weight is 493 g/mol. The van der Waals surface area contributed by atoms with Crippen molar-refractivity contribution in [1.29, 1.82) is 0 Å². The van der Waals surface area contributed by atoms with Crippen LogP contribution >= 0.6 is 12.2 Å². The smallest absolute Gasteiger partial charge is 0.268 e. The van der Waals surface area contributed by atoms with Gasteiger partial charge in [0.1, 0.15) is 11.4 Å². The van der Waals surface area contributed by atoms with Crippen LogP contribution < -0.4 is 9.80 Å². The largest absolute Gasteiger partial charge is 0.270 e. The maximum absolute atomic E-state index is 14.4. The second kappa shape index (κ2) is 10.1. The third-order valence-corrected chi connectivity index (χ3v) is 6.34. The number of halogens is 1. The molecule has 0 N–H and O–H groups in total. The Balaban J connectivity index is 1.62. The van der Waals surface area contributed by atoms with Gasteiger partial charge >= 0.3 is 0 Å². The molecule has 1 heterocycles. The Labute approximate surface area is 213 Å². The molecule has 36 heavy (non-hydrogen) atoms. The Bertz CT molecular complexity index is 1420. The molecule has 5 rings (SSSR count). The molecule has 0 aliphatic carbocycles. The molecule has 0 spiro atoms. The molecule has 4 nitrogen and oxygen atoms in total. The van der Waals surface area contributed by atoms with E-state index in [0.29, 0.717) is 28.9 Å². The van der Waals surface area contributed by atoms with Gasteiger partial charge in [0, 0.05) is 6.42 Å². The zero-order valence-electron chi connectivity index (χ0n) is 19.2. The van der Waals surface area contributed by atoms with Crippen molar-refractivity contribution in [1.82, 2.24) is 0 Å². The maximum atomic E-state index is 14.4. The van der Waals surface area contributed by atoms with Crippen LogP contribution in [-0.2, 0) is 16.0 Å². The summed E-state index contributed by atoms with van der Waals surface area (Å²) >= 11 is 5.65. The second-order valence-corrected chi connectivity index (χ2v) is 8.62. The zero-order valence-corrected chi connectivity index (χ0v) is 20.0. The van der Waals surface area contributed by atoms with Crippen molar-refractivity contribution >= 4 is 46.6 Å². The van der Waals surface area contributed by atoms with Gasteiger partial charge in [-0.3, -0.25) is 19.4 Å². The summed E-state index contributed by atoms with van der Waals surface area (Å²) in [4.78, 5) is 30.2. The van der Waals surface area contributed by atoms with E-state index in [0.717, 1.165) is 5.56 Å². The highest BCUT2D eigenvalue weighted by Gasteiger charge is 2.41. The fourth-order valence-corrected chi connectivity index (χ4v) is 4.55. The Morgan fingerprint density at radius 3 is 1.67 bits per heavy atom. The highest BCUT2D eigenvalue weighted by Crippen LogP contribution is 2.30. The van der Waals surface area contributed by atoms with Gasteiger partial charge in [-0.15, -0.1) is 0 Å². The van der Waals surface area contributed by atoms with Crippen LogP contribution in [0.25, 0.3) is 6.08 Å². The number of anilines is 2. The fourth-order valence-electron chi connectivity index (χ4n) is 4.18. The monoisotopic (exact) mass is 492 g/mol. The summed E-state index contributed by atoms with van der Waals surface area (Å²) in [6, 6.07) is 31.9. The van der Waals surface area contributed by atoms with E-state index in [4.69, 9.17) is 12.2 Å². The van der Waals surface area contributed by atoms with Gasteiger partial charge in [0.05, 0.1) is 11.4 Å². The number of benzene rings is 4. The Morgan fingerprint density at radius 2 is 1.11 bits per heavy atom. The van der Waals surface area contributed by atoms with Crippen molar-refractivity contribution in [3.63, 3.8) is 0 Å². The molecule has 1 aliphatic rings. The van der Waals surface area contributed by atoms with Gasteiger partial charge in [-0.05, 0) is 65.3 Å². The molecule has 1 aliphatic heterocycles. The maximum Gasteiger partial charge on any atom is 0.270 e. The summed E-state index contributed by atoms with van der Waals surface area (Å²) in [6.45, 7) is 0. The quantitative estimate of drug-likeness (QED) is 0.190. The molecular weight excluding hydrogens is 471 g/mol. The summed E-state index contributed by atoms with van der Waals surface area (Å²) in [5.74, 6) is -1.33. The number of hydrogen-bond donors (Lipinski definition) is 0. The molecule has 4 aromatic carbocycles. The van der Waals surface area contributed by atoms with E-state index < -0.39 is 11.8 Å². The fraction of sp³-hybridized carbons (Fsp3) is 0.0333. The van der Waals surface area contributed by atoms with Crippen molar-refractivity contribution in [2.45, 2.75) is 6.42 Å². The molecule has 0 atom stereocenters. The number of rotatable bonds is 5. The first-order valence-corrected chi connectivity index (χ1v) is 11.8. The Morgan fingerprint density at radius 1 is 0.639 bits per heavy atom. The van der Waals surface area contributed by atoms with Crippen LogP contribution in [-0.4, -0.2) is 16.9 Å². The number of hydrogen-bond acceptors (Lipinski definition) is 3. The lowest BCUT2D eigenvalue weighted by molar-refractivity contribution is -0.120. The molecule has 0 aromatic heterocycles. The van der Waals surface area contributed by atoms with Crippen molar-refractivity contribution in [2.24, 2.45) is 0 Å². The number of thiocarbonyl (C=S) groups is 1. The summed E-state index contributed by atoms with van der Waals surface area (Å²) < 4.78 is 14.4. The summed E-state index contributed by atoms with van der Waals surface area (Å²) in [5, 5.41) is 0.0826. The van der Waals surface area contributed by atoms with E-state index >= 15 is 0 Å². The Kier molecular flexibility index (Phi) is 6.52. The average Bonchev–Trinajstić information content (AvgIpc) is 2.90. The minimum Gasteiger partial charge on any atom is -0.268 e. The van der Waals surface area contributed by atoms with Gasteiger partial charge in [0.2, 0.25) is 0 Å². The summed E-state index contributed by atoms with van der Waals surface area (Å²) in [7, 11) is 0. The minimum absolute atomic E-state index is 0.0303. The number of amides is 2. The van der Waals surface area contributed by atoms with E-state index in [1.807, 2.05) is 60.7 Å². The minimum atomic E-state index is -0.510. The third kappa shape index (κ3) is 4.46. The first-order chi connectivity index (χ1) is 17.5. The van der Waals surface area contributed by atoms with Crippen molar-refractivity contribution in [3.05, 3.63) is 137 Å².